The van der Waals surface area contributed by atoms with Crippen LogP contribution in [0.1, 0.15) is 79.0 Å². The van der Waals surface area contributed by atoms with Gasteiger partial charge in [-0.25, -0.2) is 9.37 Å². The van der Waals surface area contributed by atoms with Gasteiger partial charge in [0.25, 0.3) is 0 Å². The summed E-state index contributed by atoms with van der Waals surface area (Å²) in [5.74, 6) is -0.729. The summed E-state index contributed by atoms with van der Waals surface area (Å²) in [5, 5.41) is 5.53. The number of thiazole rings is 1. The number of carbonyl (C=O) groups excluding carboxylic acids is 3. The first-order chi connectivity index (χ1) is 17.3. The average molecular weight is 515 g/mol. The number of benzene rings is 1. The minimum absolute atomic E-state index is 0.0506. The van der Waals surface area contributed by atoms with Gasteiger partial charge in [0.05, 0.1) is 12.1 Å². The zero-order chi connectivity index (χ0) is 25.8. The number of halogens is 1. The largest absolute Gasteiger partial charge is 0.343 e. The van der Waals surface area contributed by atoms with Crippen molar-refractivity contribution in [3.63, 3.8) is 0 Å². The van der Waals surface area contributed by atoms with Crippen LogP contribution in [0, 0.1) is 11.7 Å². The van der Waals surface area contributed by atoms with Gasteiger partial charge >= 0.3 is 0 Å². The van der Waals surface area contributed by atoms with E-state index in [2.05, 4.69) is 10.3 Å². The average Bonchev–Trinajstić information content (AvgIpc) is 3.56. The molecule has 0 radical (unpaired) electrons. The molecule has 3 atom stereocenters. The maximum absolute atomic E-state index is 13.9. The number of ketones is 1. The number of aromatic nitrogens is 1. The molecule has 1 saturated carbocycles. The Hall–Kier alpha value is -2.65. The zero-order valence-corrected chi connectivity index (χ0v) is 22.0. The number of hydrogen-bond acceptors (Lipinski definition) is 6. The molecule has 36 heavy (non-hydrogen) atoms. The van der Waals surface area contributed by atoms with Crippen LogP contribution in [0.3, 0.4) is 0 Å². The normalized spacial score (nSPS) is 20.4. The van der Waals surface area contributed by atoms with Crippen molar-refractivity contribution in [2.24, 2.45) is 5.92 Å². The van der Waals surface area contributed by atoms with E-state index in [1.54, 1.807) is 5.38 Å². The lowest BCUT2D eigenvalue weighted by atomic mass is 9.83. The Balaban J connectivity index is 1.53. The molecule has 2 fully saturated rings. The van der Waals surface area contributed by atoms with Crippen molar-refractivity contribution >= 4 is 28.9 Å². The second-order valence-electron chi connectivity index (χ2n) is 10.1. The van der Waals surface area contributed by atoms with Gasteiger partial charge in [0.2, 0.25) is 17.6 Å². The minimum Gasteiger partial charge on any atom is -0.343 e. The number of rotatable bonds is 8. The summed E-state index contributed by atoms with van der Waals surface area (Å²) in [7, 11) is 3.71. The van der Waals surface area contributed by atoms with E-state index in [4.69, 9.17) is 0 Å². The fourth-order valence-electron chi connectivity index (χ4n) is 5.12. The van der Waals surface area contributed by atoms with E-state index < -0.39 is 11.9 Å². The predicted octanol–water partition coefficient (Wildman–Crippen LogP) is 4.19. The van der Waals surface area contributed by atoms with E-state index >= 15 is 0 Å². The van der Waals surface area contributed by atoms with Gasteiger partial charge < -0.3 is 10.2 Å². The number of nitrogens with one attached hydrogen (secondary N) is 1. The van der Waals surface area contributed by atoms with E-state index in [-0.39, 0.29) is 35.6 Å². The Labute approximate surface area is 216 Å². The number of likely N-dealkylation sites (N-methyl/N-ethyl adjacent to an activating group) is 1. The highest BCUT2D eigenvalue weighted by atomic mass is 32.1. The summed E-state index contributed by atoms with van der Waals surface area (Å²) in [6.07, 6.45) is 6.77. The number of nitrogens with zero attached hydrogens (tertiary/aromatic N) is 3. The lowest BCUT2D eigenvalue weighted by Gasteiger charge is -2.35. The molecule has 1 aromatic carbocycles. The van der Waals surface area contributed by atoms with Crippen molar-refractivity contribution in [1.82, 2.24) is 20.1 Å². The zero-order valence-electron chi connectivity index (χ0n) is 21.2. The van der Waals surface area contributed by atoms with Gasteiger partial charge in [0.1, 0.15) is 22.6 Å². The first-order valence-electron chi connectivity index (χ1n) is 12.8. The summed E-state index contributed by atoms with van der Waals surface area (Å²) in [4.78, 5) is 48.0. The second-order valence-corrected chi connectivity index (χ2v) is 11.0. The molecule has 4 rings (SSSR count). The molecule has 2 aliphatic rings. The predicted molar refractivity (Wildman–Crippen MR) is 137 cm³/mol. The highest BCUT2D eigenvalue weighted by molar-refractivity contribution is 7.10. The molecule has 1 aliphatic carbocycles. The van der Waals surface area contributed by atoms with E-state index in [0.29, 0.717) is 17.8 Å². The monoisotopic (exact) mass is 514 g/mol. The molecule has 3 unspecified atom stereocenters. The Morgan fingerprint density at radius 3 is 2.44 bits per heavy atom. The van der Waals surface area contributed by atoms with Gasteiger partial charge in [0, 0.05) is 17.5 Å². The van der Waals surface area contributed by atoms with Crippen LogP contribution in [0.5, 0.6) is 0 Å². The number of likely N-dealkylation sites (tertiary alicyclic amines) is 1. The molecule has 1 aromatic heterocycles. The summed E-state index contributed by atoms with van der Waals surface area (Å²) in [6.45, 7) is 2.44. The fraction of sp³-hybridized carbons (Fsp3) is 0.556. The van der Waals surface area contributed by atoms with E-state index in [9.17, 15) is 18.8 Å². The Morgan fingerprint density at radius 1 is 1.08 bits per heavy atom. The molecule has 1 saturated heterocycles. The van der Waals surface area contributed by atoms with Crippen molar-refractivity contribution < 1.29 is 18.8 Å². The van der Waals surface area contributed by atoms with E-state index in [1.807, 2.05) is 30.8 Å². The van der Waals surface area contributed by atoms with Crippen molar-refractivity contribution in [3.8, 4) is 0 Å². The third-order valence-electron chi connectivity index (χ3n) is 7.52. The third-order valence-corrected chi connectivity index (χ3v) is 8.47. The molecule has 0 bridgehead atoms. The highest BCUT2D eigenvalue weighted by Gasteiger charge is 2.40. The third kappa shape index (κ3) is 5.83. The van der Waals surface area contributed by atoms with E-state index in [0.717, 1.165) is 50.0 Å². The van der Waals surface area contributed by atoms with Crippen molar-refractivity contribution in [2.45, 2.75) is 70.0 Å². The molecular weight excluding hydrogens is 479 g/mol. The Bertz CT molecular complexity index is 1080. The topological polar surface area (TPSA) is 82.6 Å². The van der Waals surface area contributed by atoms with Crippen LogP contribution < -0.4 is 5.32 Å². The minimum atomic E-state index is -0.555. The molecular formula is C27H35FN4O3S. The van der Waals surface area contributed by atoms with Crippen molar-refractivity contribution in [2.75, 3.05) is 20.6 Å². The van der Waals surface area contributed by atoms with Gasteiger partial charge in [-0.3, -0.25) is 19.3 Å². The molecule has 0 spiro atoms. The molecule has 194 valence electrons. The Morgan fingerprint density at radius 2 is 1.78 bits per heavy atom. The first kappa shape index (κ1) is 26.4. The number of carbonyl (C=O) groups is 3. The second kappa shape index (κ2) is 11.6. The van der Waals surface area contributed by atoms with E-state index in [1.165, 1.54) is 35.6 Å². The van der Waals surface area contributed by atoms with Crippen LogP contribution in [-0.2, 0) is 9.59 Å². The molecule has 2 heterocycles. The van der Waals surface area contributed by atoms with Crippen LogP contribution >= 0.6 is 11.3 Å². The van der Waals surface area contributed by atoms with Crippen LogP contribution in [-0.4, -0.2) is 65.1 Å². The summed E-state index contributed by atoms with van der Waals surface area (Å²) in [6, 6.07) is 4.32. The van der Waals surface area contributed by atoms with Crippen LogP contribution in [0.4, 0.5) is 4.39 Å². The molecule has 2 aromatic rings. The Kier molecular flexibility index (Phi) is 8.51. The van der Waals surface area contributed by atoms with Gasteiger partial charge in [0.15, 0.2) is 0 Å². The van der Waals surface area contributed by atoms with Crippen LogP contribution in [0.25, 0.3) is 0 Å². The summed E-state index contributed by atoms with van der Waals surface area (Å²) in [5.41, 5.74) is 0.681. The van der Waals surface area contributed by atoms with Gasteiger partial charge in [-0.15, -0.1) is 11.3 Å². The SMILES string of the molecule is CC(C(=O)NC(C(=O)N1CCCC1c1nc(C(=O)c2ccc(F)cc2)cs1)C1CCCCC1)N(C)C. The standard InChI is InChI=1S/C27H35FN4O3S/c1-17(31(2)3)25(34)30-23(18-8-5-4-6-9-18)27(35)32-15-7-10-22(32)26-29-21(16-36-26)24(33)19-11-13-20(28)14-12-19/h11-14,16-18,22-23H,4-10,15H2,1-3H3,(H,30,34). The van der Waals surface area contributed by atoms with Crippen molar-refractivity contribution in [1.29, 1.82) is 0 Å². The maximum atomic E-state index is 13.9. The lowest BCUT2D eigenvalue weighted by Crippen LogP contribution is -2.55. The quantitative estimate of drug-likeness (QED) is 0.534. The molecule has 7 nitrogen and oxygen atoms in total. The molecule has 9 heteroatoms. The van der Waals surface area contributed by atoms with Gasteiger partial charge in [-0.2, -0.15) is 0 Å². The number of amides is 2. The smallest absolute Gasteiger partial charge is 0.246 e. The van der Waals surface area contributed by atoms with Gasteiger partial charge in [-0.05, 0) is 76.9 Å². The first-order valence-corrected chi connectivity index (χ1v) is 13.7. The van der Waals surface area contributed by atoms with Gasteiger partial charge in [-0.1, -0.05) is 19.3 Å². The van der Waals surface area contributed by atoms with Crippen LogP contribution in [0.15, 0.2) is 29.6 Å². The number of hydrogen-bond donors (Lipinski definition) is 1. The highest BCUT2D eigenvalue weighted by Crippen LogP contribution is 2.36. The summed E-state index contributed by atoms with van der Waals surface area (Å²) < 4.78 is 13.3. The van der Waals surface area contributed by atoms with Crippen LogP contribution in [0.2, 0.25) is 0 Å². The molecule has 2 amide bonds. The molecule has 1 N–H and O–H groups in total. The van der Waals surface area contributed by atoms with Crippen molar-refractivity contribution in [3.05, 3.63) is 51.7 Å². The summed E-state index contributed by atoms with van der Waals surface area (Å²) >= 11 is 1.37. The fourth-order valence-corrected chi connectivity index (χ4v) is 6.06. The maximum Gasteiger partial charge on any atom is 0.246 e. The lowest BCUT2D eigenvalue weighted by molar-refractivity contribution is -0.140. The molecule has 1 aliphatic heterocycles.